The summed E-state index contributed by atoms with van der Waals surface area (Å²) >= 11 is 0. The van der Waals surface area contributed by atoms with Crippen LogP contribution in [0.25, 0.3) is 11.4 Å². The van der Waals surface area contributed by atoms with Gasteiger partial charge in [0, 0.05) is 5.56 Å². The third-order valence-corrected chi connectivity index (χ3v) is 3.32. The molecule has 0 fully saturated rings. The highest BCUT2D eigenvalue weighted by molar-refractivity contribution is 5.70. The number of aliphatic carboxylic acids is 1. The maximum atomic E-state index is 11.1. The van der Waals surface area contributed by atoms with Crippen molar-refractivity contribution >= 4 is 5.97 Å². The van der Waals surface area contributed by atoms with Gasteiger partial charge < -0.3 is 9.84 Å². The Bertz CT molecular complexity index is 611. The van der Waals surface area contributed by atoms with E-state index in [1.54, 1.807) is 27.0 Å². The predicted octanol–water partition coefficient (Wildman–Crippen LogP) is 1.63. The van der Waals surface area contributed by atoms with E-state index in [-0.39, 0.29) is 6.04 Å². The molecule has 0 saturated heterocycles. The van der Waals surface area contributed by atoms with E-state index in [2.05, 4.69) is 15.5 Å². The van der Waals surface area contributed by atoms with Crippen molar-refractivity contribution in [3.63, 3.8) is 0 Å². The molecule has 0 aliphatic carbocycles. The van der Waals surface area contributed by atoms with Crippen molar-refractivity contribution < 1.29 is 14.6 Å². The molecule has 106 valence electrons. The van der Waals surface area contributed by atoms with Crippen molar-refractivity contribution in [2.45, 2.75) is 19.9 Å². The summed E-state index contributed by atoms with van der Waals surface area (Å²) in [5.41, 5.74) is 0.777. The summed E-state index contributed by atoms with van der Waals surface area (Å²) in [7, 11) is 1.58. The Morgan fingerprint density at radius 1 is 1.40 bits per heavy atom. The first-order chi connectivity index (χ1) is 9.54. The molecule has 2 unspecified atom stereocenters. The van der Waals surface area contributed by atoms with Crippen molar-refractivity contribution in [3.8, 4) is 17.1 Å². The average Bonchev–Trinajstić information content (AvgIpc) is 2.95. The van der Waals surface area contributed by atoms with Gasteiger partial charge in [-0.25, -0.2) is 4.68 Å². The first kappa shape index (κ1) is 14.0. The van der Waals surface area contributed by atoms with Crippen LogP contribution in [0.4, 0.5) is 0 Å². The molecule has 20 heavy (non-hydrogen) atoms. The largest absolute Gasteiger partial charge is 0.497 e. The Balaban J connectivity index is 2.39. The lowest BCUT2D eigenvalue weighted by Crippen LogP contribution is -2.23. The van der Waals surface area contributed by atoms with Gasteiger partial charge in [0.2, 0.25) is 0 Å². The Labute approximate surface area is 116 Å². The molecule has 0 spiro atoms. The maximum Gasteiger partial charge on any atom is 0.308 e. The van der Waals surface area contributed by atoms with Crippen LogP contribution < -0.4 is 4.74 Å². The number of nitrogens with zero attached hydrogens (tertiary/aromatic N) is 4. The second-order valence-corrected chi connectivity index (χ2v) is 4.55. The first-order valence-corrected chi connectivity index (χ1v) is 6.19. The van der Waals surface area contributed by atoms with Gasteiger partial charge in [-0.3, -0.25) is 4.79 Å². The fraction of sp³-hybridized carbons (Fsp3) is 0.385. The molecule has 1 aromatic carbocycles. The van der Waals surface area contributed by atoms with E-state index in [9.17, 15) is 4.79 Å². The standard InChI is InChI=1S/C13H16N4O3/c1-8(13(18)19)9(2)17-12(14-15-16-17)10-5-4-6-11(7-10)20-3/h4-9H,1-3H3,(H,18,19). The number of benzene rings is 1. The minimum absolute atomic E-state index is 0.358. The SMILES string of the molecule is COc1cccc(-c2nnnn2C(C)C(C)C(=O)O)c1. The molecule has 0 radical (unpaired) electrons. The molecule has 0 saturated carbocycles. The van der Waals surface area contributed by atoms with Gasteiger partial charge in [-0.05, 0) is 36.4 Å². The zero-order valence-electron chi connectivity index (χ0n) is 11.5. The quantitative estimate of drug-likeness (QED) is 0.892. The molecule has 2 aromatic rings. The highest BCUT2D eigenvalue weighted by Gasteiger charge is 2.25. The van der Waals surface area contributed by atoms with Crippen molar-refractivity contribution in [1.82, 2.24) is 20.2 Å². The molecule has 0 bridgehead atoms. The van der Waals surface area contributed by atoms with Crippen LogP contribution in [0.1, 0.15) is 19.9 Å². The Kier molecular flexibility index (Phi) is 3.97. The monoisotopic (exact) mass is 276 g/mol. The molecule has 1 aromatic heterocycles. The van der Waals surface area contributed by atoms with Crippen LogP contribution in [0, 0.1) is 5.92 Å². The number of hydrogen-bond donors (Lipinski definition) is 1. The number of tetrazole rings is 1. The predicted molar refractivity (Wildman–Crippen MR) is 71.3 cm³/mol. The first-order valence-electron chi connectivity index (χ1n) is 6.19. The van der Waals surface area contributed by atoms with Gasteiger partial charge in [0.1, 0.15) is 5.75 Å². The molecule has 0 aliphatic rings. The molecule has 7 heteroatoms. The van der Waals surface area contributed by atoms with Crippen molar-refractivity contribution in [1.29, 1.82) is 0 Å². The second kappa shape index (κ2) is 5.68. The van der Waals surface area contributed by atoms with Crippen LogP contribution in [0.5, 0.6) is 5.75 Å². The van der Waals surface area contributed by atoms with E-state index in [1.807, 2.05) is 18.2 Å². The summed E-state index contributed by atoms with van der Waals surface area (Å²) in [4.78, 5) is 11.1. The molecular weight excluding hydrogens is 260 g/mol. The lowest BCUT2D eigenvalue weighted by molar-refractivity contribution is -0.142. The van der Waals surface area contributed by atoms with E-state index >= 15 is 0 Å². The highest BCUT2D eigenvalue weighted by atomic mass is 16.5. The smallest absolute Gasteiger partial charge is 0.308 e. The van der Waals surface area contributed by atoms with Gasteiger partial charge >= 0.3 is 5.97 Å². The summed E-state index contributed by atoms with van der Waals surface area (Å²) in [6, 6.07) is 6.95. The Hall–Kier alpha value is -2.44. The summed E-state index contributed by atoms with van der Waals surface area (Å²) in [5, 5.41) is 20.6. The van der Waals surface area contributed by atoms with Gasteiger partial charge in [-0.15, -0.1) is 5.10 Å². The molecule has 7 nitrogen and oxygen atoms in total. The summed E-state index contributed by atoms with van der Waals surface area (Å²) in [5.74, 6) is -0.270. The number of hydrogen-bond acceptors (Lipinski definition) is 5. The molecule has 0 amide bonds. The zero-order valence-corrected chi connectivity index (χ0v) is 11.5. The van der Waals surface area contributed by atoms with Gasteiger partial charge in [-0.1, -0.05) is 12.1 Å². The lowest BCUT2D eigenvalue weighted by atomic mass is 10.0. The van der Waals surface area contributed by atoms with Gasteiger partial charge in [0.05, 0.1) is 19.1 Å². The number of carboxylic acid groups (broad SMARTS) is 1. The van der Waals surface area contributed by atoms with E-state index in [0.717, 1.165) is 5.56 Å². The maximum absolute atomic E-state index is 11.1. The second-order valence-electron chi connectivity index (χ2n) is 4.55. The van der Waals surface area contributed by atoms with Gasteiger partial charge in [0.15, 0.2) is 5.82 Å². The minimum atomic E-state index is -0.885. The average molecular weight is 276 g/mol. The minimum Gasteiger partial charge on any atom is -0.497 e. The highest BCUT2D eigenvalue weighted by Crippen LogP contribution is 2.26. The lowest BCUT2D eigenvalue weighted by Gasteiger charge is -2.17. The van der Waals surface area contributed by atoms with E-state index < -0.39 is 11.9 Å². The van der Waals surface area contributed by atoms with E-state index in [4.69, 9.17) is 9.84 Å². The van der Waals surface area contributed by atoms with Gasteiger partial charge in [0.25, 0.3) is 0 Å². The van der Waals surface area contributed by atoms with Crippen LogP contribution in [0.15, 0.2) is 24.3 Å². The number of methoxy groups -OCH3 is 1. The molecule has 0 aliphatic heterocycles. The van der Waals surface area contributed by atoms with Crippen molar-refractivity contribution in [3.05, 3.63) is 24.3 Å². The number of ether oxygens (including phenoxy) is 1. The van der Waals surface area contributed by atoms with Gasteiger partial charge in [-0.2, -0.15) is 0 Å². The van der Waals surface area contributed by atoms with Crippen LogP contribution >= 0.6 is 0 Å². The normalized spacial score (nSPS) is 13.8. The number of carbonyl (C=O) groups is 1. The fourth-order valence-corrected chi connectivity index (χ4v) is 1.84. The van der Waals surface area contributed by atoms with Crippen LogP contribution in [0.3, 0.4) is 0 Å². The third-order valence-electron chi connectivity index (χ3n) is 3.32. The summed E-state index contributed by atoms with van der Waals surface area (Å²) in [6.45, 7) is 3.41. The summed E-state index contributed by atoms with van der Waals surface area (Å²) < 4.78 is 6.69. The number of aromatic nitrogens is 4. The summed E-state index contributed by atoms with van der Waals surface area (Å²) in [6.07, 6.45) is 0. The van der Waals surface area contributed by atoms with E-state index in [1.165, 1.54) is 4.68 Å². The number of carboxylic acids is 1. The molecular formula is C13H16N4O3. The Morgan fingerprint density at radius 3 is 2.80 bits per heavy atom. The van der Waals surface area contributed by atoms with Crippen molar-refractivity contribution in [2.24, 2.45) is 5.92 Å². The molecule has 1 N–H and O–H groups in total. The zero-order chi connectivity index (χ0) is 14.7. The van der Waals surface area contributed by atoms with Crippen LogP contribution in [0.2, 0.25) is 0 Å². The number of rotatable bonds is 5. The Morgan fingerprint density at radius 2 is 2.15 bits per heavy atom. The molecule has 2 rings (SSSR count). The van der Waals surface area contributed by atoms with Crippen molar-refractivity contribution in [2.75, 3.05) is 7.11 Å². The van der Waals surface area contributed by atoms with Crippen LogP contribution in [-0.2, 0) is 4.79 Å². The fourth-order valence-electron chi connectivity index (χ4n) is 1.84. The van der Waals surface area contributed by atoms with E-state index in [0.29, 0.717) is 11.6 Å². The topological polar surface area (TPSA) is 90.1 Å². The molecule has 2 atom stereocenters. The molecule has 1 heterocycles. The van der Waals surface area contributed by atoms with Crippen LogP contribution in [-0.4, -0.2) is 38.4 Å². The third kappa shape index (κ3) is 2.61.